The molecular weight excluding hydrogens is 320 g/mol. The van der Waals surface area contributed by atoms with E-state index in [1.807, 2.05) is 12.1 Å². The summed E-state index contributed by atoms with van der Waals surface area (Å²) >= 11 is 0. The number of imide groups is 1. The summed E-state index contributed by atoms with van der Waals surface area (Å²) in [5.74, 6) is 0.538. The second-order valence-electron chi connectivity index (χ2n) is 7.28. The van der Waals surface area contributed by atoms with Gasteiger partial charge in [-0.05, 0) is 55.4 Å². The van der Waals surface area contributed by atoms with Crippen LogP contribution in [0.25, 0.3) is 0 Å². The number of piperidine rings is 1. The molecule has 1 saturated heterocycles. The molecule has 1 aromatic rings. The highest BCUT2D eigenvalue weighted by Crippen LogP contribution is 2.33. The van der Waals surface area contributed by atoms with Crippen LogP contribution >= 0.6 is 0 Å². The normalized spacial score (nSPS) is 28.9. The summed E-state index contributed by atoms with van der Waals surface area (Å²) in [4.78, 5) is 37.6. The summed E-state index contributed by atoms with van der Waals surface area (Å²) in [6, 6.07) is 4.98. The van der Waals surface area contributed by atoms with Gasteiger partial charge >= 0.3 is 0 Å². The zero-order chi connectivity index (χ0) is 17.6. The molecule has 0 spiro atoms. The van der Waals surface area contributed by atoms with Crippen molar-refractivity contribution in [3.8, 4) is 5.75 Å². The third-order valence-electron chi connectivity index (χ3n) is 5.57. The van der Waals surface area contributed by atoms with E-state index >= 15 is 0 Å². The van der Waals surface area contributed by atoms with Crippen molar-refractivity contribution in [2.24, 2.45) is 5.92 Å². The van der Waals surface area contributed by atoms with E-state index in [9.17, 15) is 14.4 Å². The Kier molecular flexibility index (Phi) is 3.98. The number of amides is 3. The molecular formula is C19H22N2O4. The Labute approximate surface area is 146 Å². The molecule has 1 unspecified atom stereocenters. The van der Waals surface area contributed by atoms with Crippen molar-refractivity contribution in [3.05, 3.63) is 29.3 Å². The topological polar surface area (TPSA) is 75.7 Å². The molecule has 6 nitrogen and oxygen atoms in total. The molecule has 1 N–H and O–H groups in total. The van der Waals surface area contributed by atoms with Gasteiger partial charge in [-0.25, -0.2) is 0 Å². The van der Waals surface area contributed by atoms with Gasteiger partial charge in [0.25, 0.3) is 5.91 Å². The van der Waals surface area contributed by atoms with Crippen LogP contribution in [0.4, 0.5) is 0 Å². The Morgan fingerprint density at radius 2 is 2.00 bits per heavy atom. The Hall–Kier alpha value is -2.37. The van der Waals surface area contributed by atoms with E-state index in [-0.39, 0.29) is 30.2 Å². The van der Waals surface area contributed by atoms with E-state index in [1.165, 1.54) is 12.8 Å². The molecule has 0 radical (unpaired) electrons. The fourth-order valence-electron chi connectivity index (χ4n) is 4.09. The molecule has 3 aliphatic rings. The van der Waals surface area contributed by atoms with Crippen LogP contribution in [0.15, 0.2) is 18.2 Å². The van der Waals surface area contributed by atoms with Crippen molar-refractivity contribution >= 4 is 17.7 Å². The van der Waals surface area contributed by atoms with Crippen LogP contribution in [0.2, 0.25) is 0 Å². The molecule has 0 bridgehead atoms. The molecule has 6 heteroatoms. The summed E-state index contributed by atoms with van der Waals surface area (Å²) in [5.41, 5.74) is 1.51. The first kappa shape index (κ1) is 16.1. The molecule has 1 aromatic carbocycles. The summed E-state index contributed by atoms with van der Waals surface area (Å²) < 4.78 is 6.11. The Morgan fingerprint density at radius 1 is 1.16 bits per heavy atom. The average Bonchev–Trinajstić information content (AvgIpc) is 3.12. The van der Waals surface area contributed by atoms with E-state index in [0.29, 0.717) is 24.4 Å². The van der Waals surface area contributed by atoms with E-state index in [4.69, 9.17) is 4.74 Å². The summed E-state index contributed by atoms with van der Waals surface area (Å²) in [6.45, 7) is 2.59. The highest BCUT2D eigenvalue weighted by atomic mass is 16.5. The highest BCUT2D eigenvalue weighted by molar-refractivity contribution is 6.05. The summed E-state index contributed by atoms with van der Waals surface area (Å²) in [6.07, 6.45) is 4.34. The molecule has 1 aliphatic carbocycles. The predicted octanol–water partition coefficient (Wildman–Crippen LogP) is 2.01. The summed E-state index contributed by atoms with van der Waals surface area (Å²) in [5, 5.41) is 2.32. The molecule has 2 heterocycles. The third kappa shape index (κ3) is 2.90. The number of ether oxygens (including phenoxy) is 1. The van der Waals surface area contributed by atoms with Gasteiger partial charge in [0, 0.05) is 18.5 Å². The van der Waals surface area contributed by atoms with Crippen molar-refractivity contribution < 1.29 is 19.1 Å². The SMILES string of the molecule is C[C@@H]1CCC[C@H]1Oc1ccc2c(c1)CN(C1CCC(=O)NC1=O)C2=O. The van der Waals surface area contributed by atoms with Crippen LogP contribution < -0.4 is 10.1 Å². The number of fused-ring (bicyclic) bond motifs is 1. The minimum absolute atomic E-state index is 0.148. The second kappa shape index (κ2) is 6.17. The van der Waals surface area contributed by atoms with Crippen LogP contribution in [0.1, 0.15) is 54.9 Å². The van der Waals surface area contributed by atoms with Crippen LogP contribution in [-0.2, 0) is 16.1 Å². The number of nitrogens with zero attached hydrogens (tertiary/aromatic N) is 1. The van der Waals surface area contributed by atoms with Crippen molar-refractivity contribution in [2.45, 2.75) is 57.7 Å². The van der Waals surface area contributed by atoms with Gasteiger partial charge in [0.2, 0.25) is 11.8 Å². The quantitative estimate of drug-likeness (QED) is 0.853. The molecule has 3 atom stereocenters. The van der Waals surface area contributed by atoms with Gasteiger partial charge in [-0.15, -0.1) is 0 Å². The number of benzene rings is 1. The highest BCUT2D eigenvalue weighted by Gasteiger charge is 2.39. The standard InChI is InChI=1S/C19H22N2O4/c1-11-3-2-4-16(11)25-13-5-6-14-12(9-13)10-21(19(14)24)15-7-8-17(22)20-18(15)23/h5-6,9,11,15-16H,2-4,7-8,10H2,1H3,(H,20,22,23)/t11-,15?,16-/m1/s1. The first-order valence-corrected chi connectivity index (χ1v) is 8.97. The van der Waals surface area contributed by atoms with E-state index in [2.05, 4.69) is 12.2 Å². The Morgan fingerprint density at radius 3 is 2.72 bits per heavy atom. The van der Waals surface area contributed by atoms with Gasteiger partial charge in [0.1, 0.15) is 17.9 Å². The number of nitrogens with one attached hydrogen (secondary N) is 1. The third-order valence-corrected chi connectivity index (χ3v) is 5.57. The largest absolute Gasteiger partial charge is 0.490 e. The molecule has 1 saturated carbocycles. The molecule has 25 heavy (non-hydrogen) atoms. The minimum Gasteiger partial charge on any atom is -0.490 e. The monoisotopic (exact) mass is 342 g/mol. The summed E-state index contributed by atoms with van der Waals surface area (Å²) in [7, 11) is 0. The lowest BCUT2D eigenvalue weighted by atomic mass is 10.0. The second-order valence-corrected chi connectivity index (χ2v) is 7.28. The van der Waals surface area contributed by atoms with E-state index in [1.54, 1.807) is 11.0 Å². The van der Waals surface area contributed by atoms with Gasteiger partial charge < -0.3 is 9.64 Å². The number of rotatable bonds is 3. The van der Waals surface area contributed by atoms with Crippen molar-refractivity contribution in [3.63, 3.8) is 0 Å². The number of hydrogen-bond acceptors (Lipinski definition) is 4. The molecule has 2 fully saturated rings. The lowest BCUT2D eigenvalue weighted by Crippen LogP contribution is -2.52. The molecule has 132 valence electrons. The average molecular weight is 342 g/mol. The van der Waals surface area contributed by atoms with Gasteiger partial charge in [-0.1, -0.05) is 6.92 Å². The van der Waals surface area contributed by atoms with Gasteiger partial charge in [-0.3, -0.25) is 19.7 Å². The Bertz CT molecular complexity index is 745. The maximum absolute atomic E-state index is 12.7. The van der Waals surface area contributed by atoms with Crippen LogP contribution in [0.3, 0.4) is 0 Å². The maximum atomic E-state index is 12.7. The van der Waals surface area contributed by atoms with E-state index < -0.39 is 6.04 Å². The zero-order valence-electron chi connectivity index (χ0n) is 14.3. The lowest BCUT2D eigenvalue weighted by Gasteiger charge is -2.29. The van der Waals surface area contributed by atoms with Crippen molar-refractivity contribution in [1.82, 2.24) is 10.2 Å². The first-order valence-electron chi connectivity index (χ1n) is 8.97. The number of carbonyl (C=O) groups excluding carboxylic acids is 3. The van der Waals surface area contributed by atoms with Crippen LogP contribution in [-0.4, -0.2) is 34.8 Å². The van der Waals surface area contributed by atoms with E-state index in [0.717, 1.165) is 17.7 Å². The van der Waals surface area contributed by atoms with Crippen molar-refractivity contribution in [1.29, 1.82) is 0 Å². The molecule has 4 rings (SSSR count). The first-order chi connectivity index (χ1) is 12.0. The van der Waals surface area contributed by atoms with Crippen LogP contribution in [0.5, 0.6) is 5.75 Å². The van der Waals surface area contributed by atoms with Crippen LogP contribution in [0, 0.1) is 5.92 Å². The smallest absolute Gasteiger partial charge is 0.255 e. The predicted molar refractivity (Wildman–Crippen MR) is 89.9 cm³/mol. The fraction of sp³-hybridized carbons (Fsp3) is 0.526. The number of hydrogen-bond donors (Lipinski definition) is 1. The Balaban J connectivity index is 1.51. The fourth-order valence-corrected chi connectivity index (χ4v) is 4.09. The van der Waals surface area contributed by atoms with Gasteiger partial charge in [0.05, 0.1) is 0 Å². The van der Waals surface area contributed by atoms with Gasteiger partial charge in [0.15, 0.2) is 0 Å². The maximum Gasteiger partial charge on any atom is 0.255 e. The van der Waals surface area contributed by atoms with Crippen molar-refractivity contribution in [2.75, 3.05) is 0 Å². The lowest BCUT2D eigenvalue weighted by molar-refractivity contribution is -0.136. The molecule has 3 amide bonds. The molecule has 2 aliphatic heterocycles. The number of carbonyl (C=O) groups is 3. The van der Waals surface area contributed by atoms with Gasteiger partial charge in [-0.2, -0.15) is 0 Å². The zero-order valence-corrected chi connectivity index (χ0v) is 14.3. The minimum atomic E-state index is -0.572. The molecule has 0 aromatic heterocycles.